The van der Waals surface area contributed by atoms with Crippen LogP contribution in [-0.2, 0) is 9.59 Å². The van der Waals surface area contributed by atoms with Crippen molar-refractivity contribution < 1.29 is 23.9 Å². The van der Waals surface area contributed by atoms with Crippen LogP contribution in [0.2, 0.25) is 0 Å². The molecule has 1 aromatic carbocycles. The lowest BCUT2D eigenvalue weighted by molar-refractivity contribution is -0.136. The first-order valence-electron chi connectivity index (χ1n) is 8.53. The highest BCUT2D eigenvalue weighted by atomic mass is 16.5. The Morgan fingerprint density at radius 2 is 2.12 bits per heavy atom. The molecule has 2 aliphatic rings. The van der Waals surface area contributed by atoms with E-state index in [0.29, 0.717) is 24.6 Å². The van der Waals surface area contributed by atoms with Crippen LogP contribution >= 0.6 is 0 Å². The number of hydrogen-bond acceptors (Lipinski definition) is 6. The number of nitrogens with one attached hydrogen (secondary N) is 2. The van der Waals surface area contributed by atoms with Gasteiger partial charge in [-0.05, 0) is 24.6 Å². The Kier molecular flexibility index (Phi) is 5.32. The van der Waals surface area contributed by atoms with Crippen molar-refractivity contribution in [1.82, 2.24) is 15.5 Å². The monoisotopic (exact) mass is 359 g/mol. The maximum absolute atomic E-state index is 12.7. The minimum atomic E-state index is -0.734. The van der Waals surface area contributed by atoms with Crippen molar-refractivity contribution in [2.75, 3.05) is 26.7 Å². The van der Waals surface area contributed by atoms with E-state index in [4.69, 9.17) is 4.74 Å². The third-order valence-corrected chi connectivity index (χ3v) is 4.73. The van der Waals surface area contributed by atoms with E-state index in [1.165, 1.54) is 24.1 Å². The number of piperidine rings is 1. The maximum Gasteiger partial charge on any atom is 0.255 e. The van der Waals surface area contributed by atoms with Gasteiger partial charge in [0.15, 0.2) is 6.29 Å². The van der Waals surface area contributed by atoms with Gasteiger partial charge in [0.05, 0.1) is 12.2 Å². The van der Waals surface area contributed by atoms with Crippen LogP contribution in [0.5, 0.6) is 5.75 Å². The van der Waals surface area contributed by atoms with Crippen molar-refractivity contribution in [3.05, 3.63) is 29.3 Å². The number of carbonyl (C=O) groups excluding carboxylic acids is 4. The summed E-state index contributed by atoms with van der Waals surface area (Å²) in [5.74, 6) is -0.312. The number of ether oxygens (including phenoxy) is 1. The second-order valence-electron chi connectivity index (χ2n) is 6.59. The van der Waals surface area contributed by atoms with Gasteiger partial charge in [-0.1, -0.05) is 0 Å². The zero-order valence-corrected chi connectivity index (χ0v) is 14.5. The van der Waals surface area contributed by atoms with E-state index in [9.17, 15) is 19.2 Å². The largest absolute Gasteiger partial charge is 0.493 e. The second-order valence-corrected chi connectivity index (χ2v) is 6.59. The van der Waals surface area contributed by atoms with Gasteiger partial charge in [0.25, 0.3) is 5.91 Å². The zero-order valence-electron chi connectivity index (χ0n) is 14.5. The fourth-order valence-corrected chi connectivity index (χ4v) is 2.99. The molecule has 1 atom stereocenters. The third-order valence-electron chi connectivity index (χ3n) is 4.73. The van der Waals surface area contributed by atoms with Crippen LogP contribution in [0.3, 0.4) is 0 Å². The van der Waals surface area contributed by atoms with Crippen molar-refractivity contribution in [2.24, 2.45) is 5.92 Å². The van der Waals surface area contributed by atoms with Crippen molar-refractivity contribution >= 4 is 24.0 Å². The van der Waals surface area contributed by atoms with E-state index < -0.39 is 17.9 Å². The Morgan fingerprint density at radius 3 is 2.73 bits per heavy atom. The predicted molar refractivity (Wildman–Crippen MR) is 91.9 cm³/mol. The van der Waals surface area contributed by atoms with Crippen LogP contribution < -0.4 is 15.4 Å². The van der Waals surface area contributed by atoms with Gasteiger partial charge in [0.1, 0.15) is 11.8 Å². The van der Waals surface area contributed by atoms with E-state index in [0.717, 1.165) is 13.1 Å². The SMILES string of the molecule is CN(C(=O)c1ccc(OCC2CNC2)cc1C=O)C1CCC(=O)NC1=O. The van der Waals surface area contributed by atoms with E-state index in [1.54, 1.807) is 6.07 Å². The molecule has 8 nitrogen and oxygen atoms in total. The molecule has 3 rings (SSSR count). The van der Waals surface area contributed by atoms with E-state index >= 15 is 0 Å². The Hall–Kier alpha value is -2.74. The minimum Gasteiger partial charge on any atom is -0.493 e. The summed E-state index contributed by atoms with van der Waals surface area (Å²) < 4.78 is 5.67. The first kappa shape index (κ1) is 18.1. The van der Waals surface area contributed by atoms with Gasteiger partial charge in [-0.2, -0.15) is 0 Å². The van der Waals surface area contributed by atoms with E-state index in [-0.39, 0.29) is 29.9 Å². The Morgan fingerprint density at radius 1 is 1.35 bits per heavy atom. The lowest BCUT2D eigenvalue weighted by atomic mass is 10.0. The highest BCUT2D eigenvalue weighted by Crippen LogP contribution is 2.21. The molecule has 138 valence electrons. The van der Waals surface area contributed by atoms with Crippen LogP contribution in [-0.4, -0.2) is 61.7 Å². The van der Waals surface area contributed by atoms with Crippen LogP contribution in [0.1, 0.15) is 33.6 Å². The van der Waals surface area contributed by atoms with Gasteiger partial charge in [0, 0.05) is 38.0 Å². The molecule has 2 fully saturated rings. The summed E-state index contributed by atoms with van der Waals surface area (Å²) in [4.78, 5) is 48.6. The number of amides is 3. The smallest absolute Gasteiger partial charge is 0.255 e. The van der Waals surface area contributed by atoms with Crippen molar-refractivity contribution in [3.63, 3.8) is 0 Å². The van der Waals surface area contributed by atoms with Crippen molar-refractivity contribution in [3.8, 4) is 5.75 Å². The number of hydrogen-bond donors (Lipinski definition) is 2. The predicted octanol–water partition coefficient (Wildman–Crippen LogP) is -0.0255. The standard InChI is InChI=1S/C18H21N3O5/c1-21(15-4-5-16(23)20-17(15)24)18(25)14-3-2-13(6-12(14)9-22)26-10-11-7-19-8-11/h2-3,6,9,11,15,19H,4-5,7-8,10H2,1H3,(H,20,23,24). The molecule has 3 amide bonds. The van der Waals surface area contributed by atoms with Crippen LogP contribution in [0.25, 0.3) is 0 Å². The Labute approximate surface area is 150 Å². The molecule has 8 heteroatoms. The molecular weight excluding hydrogens is 338 g/mol. The van der Waals surface area contributed by atoms with Gasteiger partial charge < -0.3 is 15.0 Å². The molecule has 0 saturated carbocycles. The Balaban J connectivity index is 1.72. The molecule has 2 aliphatic heterocycles. The quantitative estimate of drug-likeness (QED) is 0.546. The average molecular weight is 359 g/mol. The molecule has 0 spiro atoms. The van der Waals surface area contributed by atoms with Gasteiger partial charge in [-0.25, -0.2) is 0 Å². The summed E-state index contributed by atoms with van der Waals surface area (Å²) >= 11 is 0. The summed E-state index contributed by atoms with van der Waals surface area (Å²) in [6.45, 7) is 2.37. The number of imide groups is 1. The van der Waals surface area contributed by atoms with Gasteiger partial charge in [-0.15, -0.1) is 0 Å². The molecule has 1 unspecified atom stereocenters. The van der Waals surface area contributed by atoms with Crippen molar-refractivity contribution in [2.45, 2.75) is 18.9 Å². The maximum atomic E-state index is 12.7. The summed E-state index contributed by atoms with van der Waals surface area (Å²) in [6, 6.07) is 3.97. The number of carbonyl (C=O) groups is 4. The molecule has 2 N–H and O–H groups in total. The normalized spacial score (nSPS) is 20.1. The molecule has 0 radical (unpaired) electrons. The van der Waals surface area contributed by atoms with Crippen LogP contribution in [0.15, 0.2) is 18.2 Å². The fraction of sp³-hybridized carbons (Fsp3) is 0.444. The molecule has 2 saturated heterocycles. The molecule has 0 aliphatic carbocycles. The van der Waals surface area contributed by atoms with Crippen LogP contribution in [0, 0.1) is 5.92 Å². The highest BCUT2D eigenvalue weighted by Gasteiger charge is 2.33. The lowest BCUT2D eigenvalue weighted by Crippen LogP contribution is -2.53. The fourth-order valence-electron chi connectivity index (χ4n) is 2.99. The van der Waals surface area contributed by atoms with Gasteiger partial charge in [0.2, 0.25) is 11.8 Å². The molecule has 0 bridgehead atoms. The first-order chi connectivity index (χ1) is 12.5. The molecular formula is C18H21N3O5. The third kappa shape index (κ3) is 3.75. The van der Waals surface area contributed by atoms with E-state index in [2.05, 4.69) is 10.6 Å². The zero-order chi connectivity index (χ0) is 18.7. The lowest BCUT2D eigenvalue weighted by Gasteiger charge is -2.30. The number of benzene rings is 1. The first-order valence-corrected chi connectivity index (χ1v) is 8.53. The minimum absolute atomic E-state index is 0.178. The van der Waals surface area contributed by atoms with Crippen LogP contribution in [0.4, 0.5) is 0 Å². The molecule has 2 heterocycles. The summed E-state index contributed by atoms with van der Waals surface area (Å²) in [5, 5.41) is 5.38. The average Bonchev–Trinajstić information content (AvgIpc) is 2.59. The molecule has 0 aromatic heterocycles. The van der Waals surface area contributed by atoms with Gasteiger partial charge >= 0.3 is 0 Å². The van der Waals surface area contributed by atoms with Crippen molar-refractivity contribution in [1.29, 1.82) is 0 Å². The summed E-state index contributed by atoms with van der Waals surface area (Å²) in [7, 11) is 1.49. The topological polar surface area (TPSA) is 105 Å². The number of nitrogens with zero attached hydrogens (tertiary/aromatic N) is 1. The summed E-state index contributed by atoms with van der Waals surface area (Å²) in [5.41, 5.74) is 0.406. The van der Waals surface area contributed by atoms with Gasteiger partial charge in [-0.3, -0.25) is 24.5 Å². The summed E-state index contributed by atoms with van der Waals surface area (Å²) in [6.07, 6.45) is 1.04. The molecule has 26 heavy (non-hydrogen) atoms. The van der Waals surface area contributed by atoms with E-state index in [1.807, 2.05) is 0 Å². The molecule has 1 aromatic rings. The second kappa shape index (κ2) is 7.65. The Bertz CT molecular complexity index is 744. The number of likely N-dealkylation sites (N-methyl/N-ethyl adjacent to an activating group) is 1. The number of rotatable bonds is 6. The number of aldehydes is 1. The highest BCUT2D eigenvalue weighted by molar-refractivity contribution is 6.06.